The van der Waals surface area contributed by atoms with Gasteiger partial charge in [0, 0.05) is 18.7 Å². The first kappa shape index (κ1) is 27.3. The zero-order valence-corrected chi connectivity index (χ0v) is 22.3. The second-order valence-corrected chi connectivity index (χ2v) is 9.60. The van der Waals surface area contributed by atoms with Crippen LogP contribution in [0.2, 0.25) is 0 Å². The summed E-state index contributed by atoms with van der Waals surface area (Å²) in [6.45, 7) is 2.20. The number of carbonyl (C=O) groups excluding carboxylic acids is 2. The number of carboxylic acid groups (broad SMARTS) is 1. The summed E-state index contributed by atoms with van der Waals surface area (Å²) in [5, 5.41) is 17.6. The molecule has 2 saturated heterocycles. The monoisotopic (exact) mass is 573 g/mol. The van der Waals surface area contributed by atoms with Gasteiger partial charge in [-0.2, -0.15) is 0 Å². The Bertz CT molecular complexity index is 1630. The number of fused-ring (bicyclic) bond motifs is 2. The van der Waals surface area contributed by atoms with Crippen molar-refractivity contribution in [3.63, 3.8) is 0 Å². The third-order valence-electron chi connectivity index (χ3n) is 6.98. The van der Waals surface area contributed by atoms with E-state index in [4.69, 9.17) is 14.2 Å². The first-order valence-electron chi connectivity index (χ1n) is 13.3. The number of hydrogen-bond acceptors (Lipinski definition) is 9. The summed E-state index contributed by atoms with van der Waals surface area (Å²) in [5.74, 6) is -1.38. The Morgan fingerprint density at radius 3 is 2.48 bits per heavy atom. The molecular formula is C28H27N7O7. The van der Waals surface area contributed by atoms with Crippen LogP contribution in [0, 0.1) is 0 Å². The van der Waals surface area contributed by atoms with Gasteiger partial charge in [-0.15, -0.1) is 0 Å². The third kappa shape index (κ3) is 5.13. The van der Waals surface area contributed by atoms with Crippen LogP contribution < -0.4 is 16.0 Å². The van der Waals surface area contributed by atoms with Crippen molar-refractivity contribution in [3.8, 4) is 0 Å². The lowest BCUT2D eigenvalue weighted by atomic mass is 10.1. The summed E-state index contributed by atoms with van der Waals surface area (Å²) in [5.41, 5.74) is 1.97. The van der Waals surface area contributed by atoms with Gasteiger partial charge in [0.25, 0.3) is 5.91 Å². The zero-order chi connectivity index (χ0) is 29.2. The number of amides is 3. The van der Waals surface area contributed by atoms with Crippen molar-refractivity contribution < 1.29 is 33.7 Å². The fourth-order valence-corrected chi connectivity index (χ4v) is 5.06. The Morgan fingerprint density at radius 2 is 1.69 bits per heavy atom. The van der Waals surface area contributed by atoms with Crippen molar-refractivity contribution in [2.24, 2.45) is 0 Å². The molecule has 42 heavy (non-hydrogen) atoms. The smallest absolute Gasteiger partial charge is 0.336 e. The summed E-state index contributed by atoms with van der Waals surface area (Å²) < 4.78 is 20.4. The number of nitrogens with zero attached hydrogens (tertiary/aromatic N) is 4. The van der Waals surface area contributed by atoms with E-state index in [1.165, 1.54) is 18.7 Å². The lowest BCUT2D eigenvalue weighted by Crippen LogP contribution is -2.42. The number of aromatic carboxylic acids is 1. The SMILES string of the molecule is CCNC(=O)Nc1ncnc2c1ncn2C1OC(C(=O)NCc2ccccc2C(=O)O)C2O[C@@H](c3ccccc3)OC21. The summed E-state index contributed by atoms with van der Waals surface area (Å²) in [4.78, 5) is 50.1. The van der Waals surface area contributed by atoms with Crippen LogP contribution in [0.25, 0.3) is 11.2 Å². The summed E-state index contributed by atoms with van der Waals surface area (Å²) >= 11 is 0. The summed E-state index contributed by atoms with van der Waals surface area (Å²) in [6, 6.07) is 15.3. The van der Waals surface area contributed by atoms with E-state index in [1.807, 2.05) is 30.3 Å². The van der Waals surface area contributed by atoms with Gasteiger partial charge in [-0.05, 0) is 18.6 Å². The normalized spacial score (nSPS) is 22.9. The van der Waals surface area contributed by atoms with Gasteiger partial charge in [0.1, 0.15) is 18.5 Å². The Labute approximate surface area is 239 Å². The van der Waals surface area contributed by atoms with E-state index in [9.17, 15) is 19.5 Å². The van der Waals surface area contributed by atoms with Crippen LogP contribution in [0.5, 0.6) is 0 Å². The predicted octanol–water partition coefficient (Wildman–Crippen LogP) is 2.36. The lowest BCUT2D eigenvalue weighted by Gasteiger charge is -2.21. The number of carboxylic acids is 1. The Morgan fingerprint density at radius 1 is 0.929 bits per heavy atom. The van der Waals surface area contributed by atoms with Crippen molar-refractivity contribution in [1.82, 2.24) is 30.2 Å². The molecule has 4 unspecified atom stereocenters. The van der Waals surface area contributed by atoms with Gasteiger partial charge in [0.2, 0.25) is 0 Å². The number of hydrogen-bond donors (Lipinski definition) is 4. The van der Waals surface area contributed by atoms with Gasteiger partial charge in [-0.3, -0.25) is 14.7 Å². The molecule has 0 spiro atoms. The highest BCUT2D eigenvalue weighted by Crippen LogP contribution is 2.45. The number of ether oxygens (including phenoxy) is 3. The summed E-state index contributed by atoms with van der Waals surface area (Å²) in [7, 11) is 0. The highest BCUT2D eigenvalue weighted by atomic mass is 16.8. The van der Waals surface area contributed by atoms with Gasteiger partial charge >= 0.3 is 12.0 Å². The molecule has 4 aromatic rings. The number of nitrogens with one attached hydrogen (secondary N) is 3. The maximum atomic E-state index is 13.5. The molecule has 216 valence electrons. The molecule has 6 rings (SSSR count). The van der Waals surface area contributed by atoms with Crippen LogP contribution in [0.1, 0.15) is 40.9 Å². The average molecular weight is 574 g/mol. The van der Waals surface area contributed by atoms with Crippen molar-refractivity contribution in [1.29, 1.82) is 0 Å². The van der Waals surface area contributed by atoms with E-state index < -0.39 is 48.7 Å². The van der Waals surface area contributed by atoms with E-state index in [-0.39, 0.29) is 17.9 Å². The first-order valence-corrected chi connectivity index (χ1v) is 13.3. The highest BCUT2D eigenvalue weighted by molar-refractivity contribution is 5.95. The molecule has 4 N–H and O–H groups in total. The van der Waals surface area contributed by atoms with Gasteiger partial charge in [0.15, 0.2) is 35.6 Å². The Balaban J connectivity index is 1.29. The van der Waals surface area contributed by atoms with Crippen LogP contribution in [-0.2, 0) is 25.5 Å². The maximum absolute atomic E-state index is 13.5. The van der Waals surface area contributed by atoms with Crippen molar-refractivity contribution in [2.45, 2.75) is 44.3 Å². The van der Waals surface area contributed by atoms with Crippen LogP contribution in [0.4, 0.5) is 10.6 Å². The fraction of sp³-hybridized carbons (Fsp3) is 0.286. The molecule has 14 nitrogen and oxygen atoms in total. The number of aromatic nitrogens is 4. The second-order valence-electron chi connectivity index (χ2n) is 9.60. The minimum Gasteiger partial charge on any atom is -0.478 e. The van der Waals surface area contributed by atoms with E-state index >= 15 is 0 Å². The molecule has 2 aromatic carbocycles. The quantitative estimate of drug-likeness (QED) is 0.244. The van der Waals surface area contributed by atoms with Gasteiger partial charge in [-0.25, -0.2) is 24.5 Å². The first-order chi connectivity index (χ1) is 20.4. The average Bonchev–Trinajstić information content (AvgIpc) is 3.71. The third-order valence-corrected chi connectivity index (χ3v) is 6.98. The van der Waals surface area contributed by atoms with Gasteiger partial charge < -0.3 is 30.0 Å². The van der Waals surface area contributed by atoms with Crippen molar-refractivity contribution in [3.05, 3.63) is 83.9 Å². The molecule has 5 atom stereocenters. The standard InChI is InChI=1S/C28H27N7O7/c1-2-29-28(39)34-22-18-23(32-13-31-22)35(14-33-18)25-21-19(41-27(42-21)15-8-4-3-5-9-15)20(40-25)24(36)30-12-16-10-6-7-11-17(16)26(37)38/h3-11,13-14,19-21,25,27H,2,12H2,1H3,(H,30,36)(H,37,38)(H2,29,31,32,34,39)/t19?,20?,21?,25?,27-/m1/s1. The Hall–Kier alpha value is -4.92. The van der Waals surface area contributed by atoms with E-state index in [2.05, 4.69) is 30.9 Å². The molecule has 4 heterocycles. The number of rotatable bonds is 8. The molecule has 2 fully saturated rings. The Kier molecular flexibility index (Phi) is 7.48. The van der Waals surface area contributed by atoms with E-state index in [1.54, 1.807) is 29.7 Å². The van der Waals surface area contributed by atoms with Crippen LogP contribution >= 0.6 is 0 Å². The lowest BCUT2D eigenvalue weighted by molar-refractivity contribution is -0.161. The number of benzene rings is 2. The van der Waals surface area contributed by atoms with Crippen LogP contribution in [-0.4, -0.2) is 67.4 Å². The largest absolute Gasteiger partial charge is 0.478 e. The van der Waals surface area contributed by atoms with Gasteiger partial charge in [-0.1, -0.05) is 48.5 Å². The van der Waals surface area contributed by atoms with Crippen molar-refractivity contribution >= 4 is 34.9 Å². The molecule has 2 aliphatic rings. The van der Waals surface area contributed by atoms with E-state index in [0.717, 1.165) is 5.56 Å². The maximum Gasteiger partial charge on any atom is 0.336 e. The molecule has 0 saturated carbocycles. The van der Waals surface area contributed by atoms with Crippen molar-refractivity contribution in [2.75, 3.05) is 11.9 Å². The topological polar surface area (TPSA) is 179 Å². The molecule has 2 aliphatic heterocycles. The van der Waals surface area contributed by atoms with Crippen LogP contribution in [0.15, 0.2) is 67.3 Å². The molecule has 14 heteroatoms. The van der Waals surface area contributed by atoms with Crippen LogP contribution in [0.3, 0.4) is 0 Å². The molecule has 3 amide bonds. The highest BCUT2D eigenvalue weighted by Gasteiger charge is 2.56. The molecular weight excluding hydrogens is 546 g/mol. The molecule has 2 aromatic heterocycles. The number of imidazole rings is 1. The molecule has 0 aliphatic carbocycles. The molecule has 0 radical (unpaired) electrons. The number of urea groups is 1. The summed E-state index contributed by atoms with van der Waals surface area (Å²) in [6.07, 6.45) is -1.49. The predicted molar refractivity (Wildman–Crippen MR) is 146 cm³/mol. The molecule has 0 bridgehead atoms. The van der Waals surface area contributed by atoms with E-state index in [0.29, 0.717) is 23.3 Å². The minimum atomic E-state index is -1.10. The zero-order valence-electron chi connectivity index (χ0n) is 22.3. The second kappa shape index (κ2) is 11.5. The number of anilines is 1. The fourth-order valence-electron chi connectivity index (χ4n) is 5.06. The van der Waals surface area contributed by atoms with Gasteiger partial charge in [0.05, 0.1) is 11.9 Å². The minimum absolute atomic E-state index is 0.0255. The number of carbonyl (C=O) groups is 3.